The first-order valence-corrected chi connectivity index (χ1v) is 7.63. The summed E-state index contributed by atoms with van der Waals surface area (Å²) in [5, 5.41) is 6.16. The molecule has 0 unspecified atom stereocenters. The molecule has 1 aliphatic carbocycles. The third kappa shape index (κ3) is 2.45. The fourth-order valence-corrected chi connectivity index (χ4v) is 2.68. The number of hydrogen-bond acceptors (Lipinski definition) is 3. The van der Waals surface area contributed by atoms with Gasteiger partial charge in [0.05, 0.1) is 11.9 Å². The Labute approximate surface area is 121 Å². The van der Waals surface area contributed by atoms with Crippen LogP contribution in [0.3, 0.4) is 0 Å². The van der Waals surface area contributed by atoms with Crippen molar-refractivity contribution in [1.29, 1.82) is 0 Å². The van der Waals surface area contributed by atoms with E-state index in [2.05, 4.69) is 49.2 Å². The zero-order valence-corrected chi connectivity index (χ0v) is 12.6. The summed E-state index contributed by atoms with van der Waals surface area (Å²) < 4.78 is 0. The standard InChI is InChI=1S/C17H23N3/c1-4-20(5-2)17-14-9-6-12(3)10-15(14)16(11-18-17)19-13-7-8-13/h6,9-11,13,19H,4-5,7-8H2,1-3H3. The molecule has 0 saturated heterocycles. The summed E-state index contributed by atoms with van der Waals surface area (Å²) in [6.07, 6.45) is 4.57. The first-order valence-electron chi connectivity index (χ1n) is 7.63. The van der Waals surface area contributed by atoms with Crippen molar-refractivity contribution in [2.75, 3.05) is 23.3 Å². The molecule has 0 spiro atoms. The number of pyridine rings is 1. The Hall–Kier alpha value is -1.77. The highest BCUT2D eigenvalue weighted by molar-refractivity contribution is 6.00. The predicted octanol–water partition coefficient (Wildman–Crippen LogP) is 3.96. The van der Waals surface area contributed by atoms with E-state index < -0.39 is 0 Å². The molecule has 1 aromatic heterocycles. The highest BCUT2D eigenvalue weighted by Crippen LogP contribution is 2.34. The first-order chi connectivity index (χ1) is 9.72. The minimum atomic E-state index is 0.653. The lowest BCUT2D eigenvalue weighted by Gasteiger charge is -2.22. The lowest BCUT2D eigenvalue weighted by molar-refractivity contribution is 0.851. The van der Waals surface area contributed by atoms with Crippen LogP contribution in [0.15, 0.2) is 24.4 Å². The van der Waals surface area contributed by atoms with E-state index in [9.17, 15) is 0 Å². The Morgan fingerprint density at radius 1 is 1.20 bits per heavy atom. The van der Waals surface area contributed by atoms with Crippen LogP contribution in [0.5, 0.6) is 0 Å². The average Bonchev–Trinajstić information content (AvgIpc) is 3.26. The van der Waals surface area contributed by atoms with Crippen molar-refractivity contribution in [3.63, 3.8) is 0 Å². The van der Waals surface area contributed by atoms with Gasteiger partial charge in [-0.25, -0.2) is 4.98 Å². The van der Waals surface area contributed by atoms with Gasteiger partial charge < -0.3 is 10.2 Å². The molecule has 0 atom stereocenters. The van der Waals surface area contributed by atoms with Gasteiger partial charge in [0.2, 0.25) is 0 Å². The molecule has 1 N–H and O–H groups in total. The number of hydrogen-bond donors (Lipinski definition) is 1. The SMILES string of the molecule is CCN(CC)c1ncc(NC2CC2)c2cc(C)ccc12. The van der Waals surface area contributed by atoms with Crippen LogP contribution in [0.25, 0.3) is 10.8 Å². The Kier molecular flexibility index (Phi) is 3.51. The number of anilines is 2. The Morgan fingerprint density at radius 3 is 2.60 bits per heavy atom. The molecule has 1 aliphatic rings. The molecule has 0 amide bonds. The third-order valence-electron chi connectivity index (χ3n) is 4.02. The zero-order valence-electron chi connectivity index (χ0n) is 12.6. The molecule has 3 heteroatoms. The molecule has 106 valence electrons. The maximum absolute atomic E-state index is 4.72. The van der Waals surface area contributed by atoms with Crippen LogP contribution in [0.4, 0.5) is 11.5 Å². The smallest absolute Gasteiger partial charge is 0.136 e. The minimum Gasteiger partial charge on any atom is -0.381 e. The van der Waals surface area contributed by atoms with Gasteiger partial charge in [0.15, 0.2) is 0 Å². The second kappa shape index (κ2) is 5.31. The normalized spacial score (nSPS) is 14.6. The van der Waals surface area contributed by atoms with Crippen molar-refractivity contribution in [2.45, 2.75) is 39.7 Å². The molecule has 1 fully saturated rings. The van der Waals surface area contributed by atoms with E-state index >= 15 is 0 Å². The summed E-state index contributed by atoms with van der Waals surface area (Å²) in [5.74, 6) is 1.10. The number of nitrogens with one attached hydrogen (secondary N) is 1. The van der Waals surface area contributed by atoms with Crippen LogP contribution in [-0.4, -0.2) is 24.1 Å². The van der Waals surface area contributed by atoms with Crippen LogP contribution in [0, 0.1) is 6.92 Å². The fourth-order valence-electron chi connectivity index (χ4n) is 2.68. The Morgan fingerprint density at radius 2 is 1.95 bits per heavy atom. The summed E-state index contributed by atoms with van der Waals surface area (Å²) in [6.45, 7) is 8.49. The van der Waals surface area contributed by atoms with Crippen molar-refractivity contribution in [2.24, 2.45) is 0 Å². The molecule has 1 heterocycles. The van der Waals surface area contributed by atoms with Crippen LogP contribution >= 0.6 is 0 Å². The van der Waals surface area contributed by atoms with E-state index in [1.54, 1.807) is 0 Å². The van der Waals surface area contributed by atoms with E-state index in [0.29, 0.717) is 6.04 Å². The number of rotatable bonds is 5. The lowest BCUT2D eigenvalue weighted by Crippen LogP contribution is -2.23. The summed E-state index contributed by atoms with van der Waals surface area (Å²) in [6, 6.07) is 7.32. The van der Waals surface area contributed by atoms with Gasteiger partial charge in [-0.3, -0.25) is 0 Å². The van der Waals surface area contributed by atoms with Gasteiger partial charge >= 0.3 is 0 Å². The van der Waals surface area contributed by atoms with Crippen molar-refractivity contribution in [3.05, 3.63) is 30.0 Å². The van der Waals surface area contributed by atoms with Gasteiger partial charge in [0.1, 0.15) is 5.82 Å². The molecule has 3 nitrogen and oxygen atoms in total. The molecule has 1 aromatic carbocycles. The summed E-state index contributed by atoms with van der Waals surface area (Å²) in [5.41, 5.74) is 2.48. The highest BCUT2D eigenvalue weighted by atomic mass is 15.2. The molecule has 1 saturated carbocycles. The van der Waals surface area contributed by atoms with Gasteiger partial charge in [-0.15, -0.1) is 0 Å². The van der Waals surface area contributed by atoms with Gasteiger partial charge in [-0.05, 0) is 39.7 Å². The van der Waals surface area contributed by atoms with Crippen LogP contribution in [-0.2, 0) is 0 Å². The van der Waals surface area contributed by atoms with E-state index in [4.69, 9.17) is 4.98 Å². The van der Waals surface area contributed by atoms with E-state index in [0.717, 1.165) is 18.9 Å². The molecular formula is C17H23N3. The van der Waals surface area contributed by atoms with Gasteiger partial charge in [-0.1, -0.05) is 17.7 Å². The van der Waals surface area contributed by atoms with E-state index in [-0.39, 0.29) is 0 Å². The summed E-state index contributed by atoms with van der Waals surface area (Å²) in [4.78, 5) is 7.04. The van der Waals surface area contributed by atoms with Gasteiger partial charge in [0, 0.05) is 29.9 Å². The molecule has 3 rings (SSSR count). The number of fused-ring (bicyclic) bond motifs is 1. The summed E-state index contributed by atoms with van der Waals surface area (Å²) in [7, 11) is 0. The molecular weight excluding hydrogens is 246 g/mol. The third-order valence-corrected chi connectivity index (χ3v) is 4.02. The monoisotopic (exact) mass is 269 g/mol. The molecule has 2 aromatic rings. The Balaban J connectivity index is 2.13. The Bertz CT molecular complexity index is 613. The van der Waals surface area contributed by atoms with Crippen LogP contribution in [0.1, 0.15) is 32.3 Å². The highest BCUT2D eigenvalue weighted by Gasteiger charge is 2.22. The zero-order chi connectivity index (χ0) is 14.1. The molecule has 0 aliphatic heterocycles. The van der Waals surface area contributed by atoms with E-state index in [1.807, 2.05) is 6.20 Å². The van der Waals surface area contributed by atoms with Gasteiger partial charge in [0.25, 0.3) is 0 Å². The number of nitrogens with zero attached hydrogens (tertiary/aromatic N) is 2. The first kappa shape index (κ1) is 13.2. The van der Waals surface area contributed by atoms with Crippen molar-refractivity contribution < 1.29 is 0 Å². The van der Waals surface area contributed by atoms with Gasteiger partial charge in [-0.2, -0.15) is 0 Å². The number of benzene rings is 1. The summed E-state index contributed by atoms with van der Waals surface area (Å²) >= 11 is 0. The molecule has 20 heavy (non-hydrogen) atoms. The molecule has 0 radical (unpaired) electrons. The maximum atomic E-state index is 4.72. The largest absolute Gasteiger partial charge is 0.381 e. The van der Waals surface area contributed by atoms with Crippen molar-refractivity contribution >= 4 is 22.3 Å². The maximum Gasteiger partial charge on any atom is 0.136 e. The molecule has 0 bridgehead atoms. The van der Waals surface area contributed by atoms with E-state index in [1.165, 1.54) is 34.9 Å². The minimum absolute atomic E-state index is 0.653. The number of aromatic nitrogens is 1. The second-order valence-corrected chi connectivity index (χ2v) is 5.64. The fraction of sp³-hybridized carbons (Fsp3) is 0.471. The van der Waals surface area contributed by atoms with Crippen molar-refractivity contribution in [3.8, 4) is 0 Å². The number of aryl methyl sites for hydroxylation is 1. The predicted molar refractivity (Wildman–Crippen MR) is 86.7 cm³/mol. The quantitative estimate of drug-likeness (QED) is 0.890. The second-order valence-electron chi connectivity index (χ2n) is 5.64. The lowest BCUT2D eigenvalue weighted by atomic mass is 10.1. The average molecular weight is 269 g/mol. The van der Waals surface area contributed by atoms with Crippen LogP contribution < -0.4 is 10.2 Å². The van der Waals surface area contributed by atoms with Crippen LogP contribution in [0.2, 0.25) is 0 Å². The topological polar surface area (TPSA) is 28.2 Å². The van der Waals surface area contributed by atoms with Crippen molar-refractivity contribution in [1.82, 2.24) is 4.98 Å².